The predicted octanol–water partition coefficient (Wildman–Crippen LogP) is 3.79. The largest absolute Gasteiger partial charge is 0.493 e. The number of furan rings is 1. The van der Waals surface area contributed by atoms with Crippen molar-refractivity contribution in [1.82, 2.24) is 10.2 Å². The fourth-order valence-electron chi connectivity index (χ4n) is 7.72. The highest BCUT2D eigenvalue weighted by Crippen LogP contribution is 2.65. The first kappa shape index (κ1) is 25.0. The number of methoxy groups -OCH3 is 1. The maximum absolute atomic E-state index is 13.8. The van der Waals surface area contributed by atoms with Gasteiger partial charge in [0.2, 0.25) is 5.91 Å². The number of hydrogen-bond acceptors (Lipinski definition) is 6. The van der Waals surface area contributed by atoms with Crippen LogP contribution in [-0.4, -0.2) is 59.3 Å². The number of nitrogens with one attached hydrogen (secondary N) is 1. The van der Waals surface area contributed by atoms with Gasteiger partial charge in [0.1, 0.15) is 6.10 Å². The standard InChI is InChI=1S/C32H32N2O6/c1-19-3-6-21(7-4-19)30(36)34-15-14-31-27-22-8-9-24(38-2)28(27)40-29(31)23(11-13-32(31,37)25(34)17-22)33-26(35)10-5-20-12-16-39-18-20/h3-10,12,16,18,23,25,29,37H,11,13-15,17H2,1-2H3,(H,33,35)/b10-5+/t23-,25-,29+,31+,32-/m0/s1. The number of ether oxygens (including phenoxy) is 2. The molecule has 2 amide bonds. The lowest BCUT2D eigenvalue weighted by Gasteiger charge is -2.64. The number of rotatable bonds is 5. The average Bonchev–Trinajstić information content (AvgIpc) is 3.59. The van der Waals surface area contributed by atoms with Crippen molar-refractivity contribution in [2.24, 2.45) is 0 Å². The van der Waals surface area contributed by atoms with Gasteiger partial charge in [0.25, 0.3) is 5.91 Å². The quantitative estimate of drug-likeness (QED) is 0.478. The van der Waals surface area contributed by atoms with Crippen molar-refractivity contribution in [3.63, 3.8) is 0 Å². The maximum Gasteiger partial charge on any atom is 0.254 e. The van der Waals surface area contributed by atoms with Gasteiger partial charge in [-0.15, -0.1) is 0 Å². The Morgan fingerprint density at radius 1 is 1.15 bits per heavy atom. The van der Waals surface area contributed by atoms with Gasteiger partial charge >= 0.3 is 0 Å². The van der Waals surface area contributed by atoms with Crippen molar-refractivity contribution in [2.75, 3.05) is 13.7 Å². The molecule has 0 unspecified atom stereocenters. The zero-order valence-corrected chi connectivity index (χ0v) is 22.6. The minimum Gasteiger partial charge on any atom is -0.493 e. The number of amides is 2. The number of carbonyl (C=O) groups is 2. The third-order valence-corrected chi connectivity index (χ3v) is 9.52. The van der Waals surface area contributed by atoms with Crippen LogP contribution < -0.4 is 14.8 Å². The van der Waals surface area contributed by atoms with E-state index in [1.54, 1.807) is 31.8 Å². The van der Waals surface area contributed by atoms with Crippen LogP contribution in [-0.2, 0) is 16.6 Å². The van der Waals surface area contributed by atoms with Crippen LogP contribution in [0.2, 0.25) is 0 Å². The van der Waals surface area contributed by atoms with Gasteiger partial charge in [-0.05, 0) is 68.5 Å². The number of benzene rings is 2. The highest BCUT2D eigenvalue weighted by molar-refractivity contribution is 5.95. The first-order valence-electron chi connectivity index (χ1n) is 13.8. The Morgan fingerprint density at radius 3 is 2.73 bits per heavy atom. The van der Waals surface area contributed by atoms with Crippen LogP contribution in [0, 0.1) is 6.92 Å². The molecule has 2 fully saturated rings. The van der Waals surface area contributed by atoms with Crippen LogP contribution in [0.1, 0.15) is 51.9 Å². The van der Waals surface area contributed by atoms with E-state index in [-0.39, 0.29) is 17.9 Å². The van der Waals surface area contributed by atoms with E-state index >= 15 is 0 Å². The summed E-state index contributed by atoms with van der Waals surface area (Å²) in [7, 11) is 1.61. The molecule has 8 heteroatoms. The molecular formula is C32H32N2O6. The number of hydrogen-bond donors (Lipinski definition) is 2. The van der Waals surface area contributed by atoms with Crippen molar-refractivity contribution >= 4 is 17.9 Å². The first-order valence-corrected chi connectivity index (χ1v) is 13.8. The number of likely N-dealkylation sites (tertiary alicyclic amines) is 1. The second-order valence-corrected chi connectivity index (χ2v) is 11.4. The van der Waals surface area contributed by atoms with E-state index in [2.05, 4.69) is 5.32 Å². The minimum absolute atomic E-state index is 0.0688. The second kappa shape index (κ2) is 8.99. The molecule has 7 rings (SSSR count). The number of nitrogens with zero attached hydrogens (tertiary/aromatic N) is 1. The zero-order valence-electron chi connectivity index (χ0n) is 22.6. The van der Waals surface area contributed by atoms with Gasteiger partial charge in [-0.25, -0.2) is 0 Å². The zero-order chi connectivity index (χ0) is 27.6. The van der Waals surface area contributed by atoms with Crippen molar-refractivity contribution in [3.05, 3.63) is 88.9 Å². The Labute approximate surface area is 232 Å². The molecule has 8 nitrogen and oxygen atoms in total. The molecule has 3 aromatic rings. The van der Waals surface area contributed by atoms with Crippen molar-refractivity contribution in [2.45, 2.75) is 61.8 Å². The second-order valence-electron chi connectivity index (χ2n) is 11.4. The molecule has 1 saturated carbocycles. The summed E-state index contributed by atoms with van der Waals surface area (Å²) in [5, 5.41) is 15.9. The van der Waals surface area contributed by atoms with E-state index in [1.807, 2.05) is 48.2 Å². The lowest BCUT2D eigenvalue weighted by molar-refractivity contribution is -0.183. The Bertz CT molecular complexity index is 1510. The molecule has 0 radical (unpaired) electrons. The van der Waals surface area contributed by atoms with E-state index in [9.17, 15) is 14.7 Å². The summed E-state index contributed by atoms with van der Waals surface area (Å²) in [6.07, 6.45) is 7.82. The van der Waals surface area contributed by atoms with Crippen LogP contribution in [0.3, 0.4) is 0 Å². The number of aryl methyl sites for hydroxylation is 1. The van der Waals surface area contributed by atoms with Crippen LogP contribution in [0.5, 0.6) is 11.5 Å². The van der Waals surface area contributed by atoms with Gasteiger partial charge in [0, 0.05) is 29.3 Å². The smallest absolute Gasteiger partial charge is 0.254 e. The third kappa shape index (κ3) is 3.41. The van der Waals surface area contributed by atoms with E-state index in [4.69, 9.17) is 13.9 Å². The summed E-state index contributed by atoms with van der Waals surface area (Å²) >= 11 is 0. The summed E-state index contributed by atoms with van der Waals surface area (Å²) in [4.78, 5) is 28.7. The SMILES string of the molecule is COc1ccc2c3c1O[C@@H]1[C@@H](NC(=O)/C=C/c4ccoc4)CC[C@]4(O)[C@H](C2)N(C(=O)c2ccc(C)cc2)CC[C@@]314. The Hall–Kier alpha value is -4.04. The summed E-state index contributed by atoms with van der Waals surface area (Å²) in [6, 6.07) is 12.6. The molecule has 40 heavy (non-hydrogen) atoms. The van der Waals surface area contributed by atoms with E-state index in [0.717, 1.165) is 22.3 Å². The molecule has 3 heterocycles. The van der Waals surface area contributed by atoms with Gasteiger partial charge in [-0.3, -0.25) is 9.59 Å². The van der Waals surface area contributed by atoms with Gasteiger partial charge in [-0.2, -0.15) is 0 Å². The molecule has 4 aliphatic rings. The Balaban J connectivity index is 1.27. The average molecular weight is 541 g/mol. The summed E-state index contributed by atoms with van der Waals surface area (Å²) in [5.41, 5.74) is 2.56. The van der Waals surface area contributed by atoms with Gasteiger partial charge in [0.05, 0.1) is 42.7 Å². The lowest BCUT2D eigenvalue weighted by atomic mass is 9.48. The molecule has 1 saturated heterocycles. The number of carbonyl (C=O) groups excluding carboxylic acids is 2. The van der Waals surface area contributed by atoms with Crippen LogP contribution in [0.15, 0.2) is 65.5 Å². The molecule has 1 spiro atoms. The lowest BCUT2D eigenvalue weighted by Crippen LogP contribution is -2.78. The van der Waals surface area contributed by atoms with Crippen LogP contribution in [0.4, 0.5) is 0 Å². The Morgan fingerprint density at radius 2 is 1.98 bits per heavy atom. The van der Waals surface area contributed by atoms with Crippen molar-refractivity contribution in [1.29, 1.82) is 0 Å². The molecule has 206 valence electrons. The summed E-state index contributed by atoms with van der Waals surface area (Å²) < 4.78 is 17.5. The van der Waals surface area contributed by atoms with Gasteiger partial charge < -0.3 is 29.2 Å². The molecule has 2 aliphatic heterocycles. The fraction of sp³-hybridized carbons (Fsp3) is 0.375. The minimum atomic E-state index is -1.21. The van der Waals surface area contributed by atoms with Gasteiger partial charge in [0.15, 0.2) is 11.5 Å². The summed E-state index contributed by atoms with van der Waals surface area (Å²) in [6.45, 7) is 2.48. The maximum atomic E-state index is 13.8. The Kier molecular flexibility index (Phi) is 5.61. The topological polar surface area (TPSA) is 101 Å². The van der Waals surface area contributed by atoms with Crippen LogP contribution >= 0.6 is 0 Å². The normalized spacial score (nSPS) is 29.6. The predicted molar refractivity (Wildman–Crippen MR) is 147 cm³/mol. The van der Waals surface area contributed by atoms with E-state index in [1.165, 1.54) is 6.08 Å². The van der Waals surface area contributed by atoms with Crippen molar-refractivity contribution < 1.29 is 28.6 Å². The first-order chi connectivity index (χ1) is 19.4. The molecule has 1 aromatic heterocycles. The van der Waals surface area contributed by atoms with E-state index in [0.29, 0.717) is 49.3 Å². The van der Waals surface area contributed by atoms with Crippen molar-refractivity contribution in [3.8, 4) is 11.5 Å². The fourth-order valence-corrected chi connectivity index (χ4v) is 7.72. The molecular weight excluding hydrogens is 508 g/mol. The van der Waals surface area contributed by atoms with Gasteiger partial charge in [-0.1, -0.05) is 23.8 Å². The molecule has 2 bridgehead atoms. The molecule has 2 aliphatic carbocycles. The highest BCUT2D eigenvalue weighted by atomic mass is 16.5. The van der Waals surface area contributed by atoms with Crippen LogP contribution in [0.25, 0.3) is 6.08 Å². The third-order valence-electron chi connectivity index (χ3n) is 9.52. The molecule has 2 N–H and O–H groups in total. The highest BCUT2D eigenvalue weighted by Gasteiger charge is 2.73. The monoisotopic (exact) mass is 540 g/mol. The number of piperidine rings is 1. The molecule has 2 aromatic carbocycles. The summed E-state index contributed by atoms with van der Waals surface area (Å²) in [5.74, 6) is 0.960. The van der Waals surface area contributed by atoms with E-state index < -0.39 is 23.2 Å². The molecule has 5 atom stereocenters. The number of aliphatic hydroxyl groups is 1.